The van der Waals surface area contributed by atoms with E-state index in [9.17, 15) is 28.2 Å². The van der Waals surface area contributed by atoms with E-state index < -0.39 is 17.9 Å². The maximum Gasteiger partial charge on any atom is 0.573 e. The summed E-state index contributed by atoms with van der Waals surface area (Å²) in [5, 5.41) is 27.3. The highest BCUT2D eigenvalue weighted by Gasteiger charge is 2.41. The molecule has 1 aliphatic rings. The quantitative estimate of drug-likeness (QED) is 0.457. The van der Waals surface area contributed by atoms with Gasteiger partial charge in [0.05, 0.1) is 48.7 Å². The van der Waals surface area contributed by atoms with E-state index in [2.05, 4.69) is 26.7 Å². The van der Waals surface area contributed by atoms with Crippen LogP contribution in [0.15, 0.2) is 49.2 Å². The highest BCUT2D eigenvalue weighted by Crippen LogP contribution is 2.35. The van der Waals surface area contributed by atoms with Gasteiger partial charge in [0.2, 0.25) is 5.91 Å². The minimum Gasteiger partial charge on any atom is -0.406 e. The van der Waals surface area contributed by atoms with Crippen LogP contribution in [0.2, 0.25) is 0 Å². The lowest BCUT2D eigenvalue weighted by Gasteiger charge is -2.47. The standard InChI is InChI=1S/C21H20F3N5O4/c1-2-17(31)26-9-15-18-16(28-10-20(32,11-28)12-30)7-8-25-19(18)29(27-15)13-3-5-14(6-4-13)33-21(22,23)24/h2-8,30,32H,1,9-12H2,(H,26,31). The molecule has 3 aromatic rings. The van der Waals surface area contributed by atoms with E-state index in [1.54, 1.807) is 12.3 Å². The van der Waals surface area contributed by atoms with Crippen LogP contribution in [0, 0.1) is 0 Å². The first kappa shape index (κ1) is 22.6. The number of halogens is 3. The summed E-state index contributed by atoms with van der Waals surface area (Å²) < 4.78 is 42.8. The third-order valence-corrected chi connectivity index (χ3v) is 5.15. The Morgan fingerprint density at radius 1 is 1.27 bits per heavy atom. The zero-order chi connectivity index (χ0) is 23.8. The lowest BCUT2D eigenvalue weighted by molar-refractivity contribution is -0.274. The molecule has 0 radical (unpaired) electrons. The summed E-state index contributed by atoms with van der Waals surface area (Å²) in [7, 11) is 0. The predicted octanol–water partition coefficient (Wildman–Crippen LogP) is 1.66. The molecule has 0 saturated carbocycles. The molecular formula is C21H20F3N5O4. The fourth-order valence-corrected chi connectivity index (χ4v) is 3.63. The van der Waals surface area contributed by atoms with Crippen LogP contribution in [0.25, 0.3) is 16.7 Å². The molecule has 1 saturated heterocycles. The van der Waals surface area contributed by atoms with Crippen molar-refractivity contribution < 1.29 is 32.9 Å². The summed E-state index contributed by atoms with van der Waals surface area (Å²) in [5.41, 5.74) is 0.759. The van der Waals surface area contributed by atoms with Crippen LogP contribution >= 0.6 is 0 Å². The molecule has 0 bridgehead atoms. The van der Waals surface area contributed by atoms with Crippen LogP contribution in [0.1, 0.15) is 5.69 Å². The second kappa shape index (κ2) is 8.37. The predicted molar refractivity (Wildman–Crippen MR) is 112 cm³/mol. The number of anilines is 1. The summed E-state index contributed by atoms with van der Waals surface area (Å²) in [6.07, 6.45) is -2.14. The van der Waals surface area contributed by atoms with Gasteiger partial charge < -0.3 is 25.2 Å². The van der Waals surface area contributed by atoms with Crippen molar-refractivity contribution in [1.82, 2.24) is 20.1 Å². The van der Waals surface area contributed by atoms with Crippen molar-refractivity contribution >= 4 is 22.6 Å². The van der Waals surface area contributed by atoms with E-state index in [-0.39, 0.29) is 32.0 Å². The fraction of sp³-hybridized carbons (Fsp3) is 0.286. The number of nitrogens with one attached hydrogen (secondary N) is 1. The Morgan fingerprint density at radius 3 is 2.58 bits per heavy atom. The van der Waals surface area contributed by atoms with Crippen molar-refractivity contribution in [3.63, 3.8) is 0 Å². The highest BCUT2D eigenvalue weighted by atomic mass is 19.4. The van der Waals surface area contributed by atoms with Crippen molar-refractivity contribution in [1.29, 1.82) is 0 Å². The molecule has 1 aliphatic heterocycles. The molecule has 33 heavy (non-hydrogen) atoms. The van der Waals surface area contributed by atoms with Gasteiger partial charge in [-0.3, -0.25) is 4.79 Å². The van der Waals surface area contributed by atoms with Crippen LogP contribution in [0.5, 0.6) is 5.75 Å². The van der Waals surface area contributed by atoms with Gasteiger partial charge in [-0.05, 0) is 36.4 Å². The van der Waals surface area contributed by atoms with Gasteiger partial charge in [-0.2, -0.15) is 5.10 Å². The van der Waals surface area contributed by atoms with Crippen molar-refractivity contribution in [2.45, 2.75) is 18.5 Å². The van der Waals surface area contributed by atoms with Gasteiger partial charge in [0.25, 0.3) is 0 Å². The number of alkyl halides is 3. The molecule has 9 nitrogen and oxygen atoms in total. The maximum atomic E-state index is 12.5. The normalized spacial score (nSPS) is 15.2. The van der Waals surface area contributed by atoms with Crippen molar-refractivity contribution in [2.24, 2.45) is 0 Å². The van der Waals surface area contributed by atoms with Crippen LogP contribution in [-0.4, -0.2) is 62.5 Å². The first-order valence-electron chi connectivity index (χ1n) is 9.84. The number of benzene rings is 1. The van der Waals surface area contributed by atoms with E-state index in [1.165, 1.54) is 16.8 Å². The first-order valence-corrected chi connectivity index (χ1v) is 9.84. The lowest BCUT2D eigenvalue weighted by atomic mass is 9.94. The number of hydrogen-bond donors (Lipinski definition) is 3. The largest absolute Gasteiger partial charge is 0.573 e. The molecule has 3 heterocycles. The summed E-state index contributed by atoms with van der Waals surface area (Å²) >= 11 is 0. The molecule has 0 unspecified atom stereocenters. The molecule has 0 spiro atoms. The minimum atomic E-state index is -4.80. The van der Waals surface area contributed by atoms with Gasteiger partial charge in [-0.1, -0.05) is 6.58 Å². The van der Waals surface area contributed by atoms with Crippen LogP contribution in [-0.2, 0) is 11.3 Å². The minimum absolute atomic E-state index is 0.0421. The van der Waals surface area contributed by atoms with E-state index in [0.29, 0.717) is 28.1 Å². The number of ether oxygens (including phenoxy) is 1. The smallest absolute Gasteiger partial charge is 0.406 e. The van der Waals surface area contributed by atoms with Gasteiger partial charge >= 0.3 is 6.36 Å². The van der Waals surface area contributed by atoms with Gasteiger partial charge in [0.15, 0.2) is 5.65 Å². The SMILES string of the molecule is C=CC(=O)NCc1nn(-c2ccc(OC(F)(F)F)cc2)c2nccc(N3CC(O)(CO)C3)c12. The average Bonchev–Trinajstić information content (AvgIpc) is 3.13. The summed E-state index contributed by atoms with van der Waals surface area (Å²) in [6, 6.07) is 6.86. The van der Waals surface area contributed by atoms with Crippen LogP contribution < -0.4 is 15.0 Å². The Labute approximate surface area is 185 Å². The molecule has 3 N–H and O–H groups in total. The highest BCUT2D eigenvalue weighted by molar-refractivity contribution is 5.94. The Kier molecular flexibility index (Phi) is 5.72. The molecule has 1 amide bonds. The molecule has 174 valence electrons. The zero-order valence-electron chi connectivity index (χ0n) is 17.2. The first-order chi connectivity index (χ1) is 15.6. The number of β-amino-alcohol motifs (C(OH)–C–C–N with tert-alkyl or cyclic N) is 1. The van der Waals surface area contributed by atoms with Crippen LogP contribution in [0.3, 0.4) is 0 Å². The van der Waals surface area contributed by atoms with Crippen molar-refractivity contribution in [3.05, 3.63) is 54.9 Å². The van der Waals surface area contributed by atoms with E-state index in [1.807, 2.05) is 4.90 Å². The molecule has 0 aliphatic carbocycles. The number of rotatable bonds is 7. The third-order valence-electron chi connectivity index (χ3n) is 5.15. The number of pyridine rings is 1. The van der Waals surface area contributed by atoms with Gasteiger partial charge in [0.1, 0.15) is 11.4 Å². The number of aliphatic hydroxyl groups is 2. The van der Waals surface area contributed by atoms with Gasteiger partial charge in [0, 0.05) is 6.20 Å². The number of fused-ring (bicyclic) bond motifs is 1. The number of carbonyl (C=O) groups is 1. The fourth-order valence-electron chi connectivity index (χ4n) is 3.63. The van der Waals surface area contributed by atoms with E-state index in [0.717, 1.165) is 18.2 Å². The molecule has 1 aromatic carbocycles. The van der Waals surface area contributed by atoms with Crippen molar-refractivity contribution in [3.8, 4) is 11.4 Å². The van der Waals surface area contributed by atoms with Gasteiger partial charge in [-0.25, -0.2) is 9.67 Å². The summed E-state index contributed by atoms with van der Waals surface area (Å²) in [6.45, 7) is 3.45. The van der Waals surface area contributed by atoms with Crippen molar-refractivity contribution in [2.75, 3.05) is 24.6 Å². The third kappa shape index (κ3) is 4.61. The zero-order valence-corrected chi connectivity index (χ0v) is 17.2. The number of nitrogens with zero attached hydrogens (tertiary/aromatic N) is 4. The number of aromatic nitrogens is 3. The van der Waals surface area contributed by atoms with E-state index in [4.69, 9.17) is 0 Å². The van der Waals surface area contributed by atoms with Crippen LogP contribution in [0.4, 0.5) is 18.9 Å². The summed E-state index contributed by atoms with van der Waals surface area (Å²) in [5.74, 6) is -0.783. The number of aliphatic hydroxyl groups excluding tert-OH is 1. The Balaban J connectivity index is 1.75. The number of carbonyl (C=O) groups excluding carboxylic acids is 1. The maximum absolute atomic E-state index is 12.5. The average molecular weight is 463 g/mol. The Bertz CT molecular complexity index is 1190. The Hall–Kier alpha value is -3.64. The molecule has 1 fully saturated rings. The van der Waals surface area contributed by atoms with E-state index >= 15 is 0 Å². The summed E-state index contributed by atoms with van der Waals surface area (Å²) in [4.78, 5) is 17.9. The molecular weight excluding hydrogens is 443 g/mol. The van der Waals surface area contributed by atoms with Gasteiger partial charge in [-0.15, -0.1) is 13.2 Å². The Morgan fingerprint density at radius 2 is 1.97 bits per heavy atom. The number of hydrogen-bond acceptors (Lipinski definition) is 7. The molecule has 4 rings (SSSR count). The lowest BCUT2D eigenvalue weighted by Crippen LogP contribution is -2.64. The topological polar surface area (TPSA) is 113 Å². The second-order valence-electron chi connectivity index (χ2n) is 7.59. The molecule has 2 aromatic heterocycles. The monoisotopic (exact) mass is 463 g/mol. The molecule has 0 atom stereocenters. The number of amides is 1. The second-order valence-corrected chi connectivity index (χ2v) is 7.59. The molecule has 12 heteroatoms.